The molecule has 0 N–H and O–H groups in total. The van der Waals surface area contributed by atoms with Gasteiger partial charge in [-0.1, -0.05) is 60.2 Å². The van der Waals surface area contributed by atoms with Gasteiger partial charge in [-0.15, -0.1) is 0 Å². The summed E-state index contributed by atoms with van der Waals surface area (Å²) in [6.45, 7) is 2.06. The van der Waals surface area contributed by atoms with Crippen molar-refractivity contribution in [3.8, 4) is 11.1 Å². The van der Waals surface area contributed by atoms with E-state index in [9.17, 15) is 9.59 Å². The van der Waals surface area contributed by atoms with Crippen LogP contribution in [0, 0.1) is 6.92 Å². The van der Waals surface area contributed by atoms with Crippen molar-refractivity contribution in [2.45, 2.75) is 37.8 Å². The zero-order valence-electron chi connectivity index (χ0n) is 15.4. The van der Waals surface area contributed by atoms with Gasteiger partial charge in [0.1, 0.15) is 0 Å². The predicted molar refractivity (Wildman–Crippen MR) is 104 cm³/mol. The average molecular weight is 370 g/mol. The minimum Gasteiger partial charge on any atom is -0.338 e. The third-order valence-corrected chi connectivity index (χ3v) is 6.28. The smallest absolute Gasteiger partial charge is 0.203 e. The maximum Gasteiger partial charge on any atom is 0.203 e. The molecule has 0 amide bonds. The van der Waals surface area contributed by atoms with Crippen LogP contribution in [0.15, 0.2) is 54.6 Å². The van der Waals surface area contributed by atoms with Gasteiger partial charge in [0.15, 0.2) is 23.8 Å². The van der Waals surface area contributed by atoms with Crippen LogP contribution in [0.1, 0.15) is 34.3 Å². The van der Waals surface area contributed by atoms with Gasteiger partial charge in [0.2, 0.25) is 5.78 Å². The van der Waals surface area contributed by atoms with Gasteiger partial charge in [-0.05, 0) is 28.8 Å². The van der Waals surface area contributed by atoms with Crippen molar-refractivity contribution in [1.82, 2.24) is 0 Å². The van der Waals surface area contributed by atoms with E-state index in [4.69, 9.17) is 9.47 Å². The molecule has 0 aromatic heterocycles. The van der Waals surface area contributed by atoms with Gasteiger partial charge in [0, 0.05) is 24.0 Å². The Kier molecular flexibility index (Phi) is 3.10. The van der Waals surface area contributed by atoms with Crippen LogP contribution in [0.3, 0.4) is 0 Å². The first kappa shape index (κ1) is 16.2. The molecule has 2 fully saturated rings. The summed E-state index contributed by atoms with van der Waals surface area (Å²) in [5, 5.41) is 1.89. The standard InChI is InChI=1S/C24H18O4/c1-13-5-7-14(8-6-13)15-9-10-17-21-16(15)3-2-4-18(21)24(22(17)26)23-19(25)11-12-20(27-23)28-24/h2-10,20,23H,11-12H2,1H3/t20?,23?,24-/m0/s1. The molecule has 2 saturated heterocycles. The van der Waals surface area contributed by atoms with Crippen LogP contribution in [-0.2, 0) is 19.9 Å². The highest BCUT2D eigenvalue weighted by atomic mass is 16.7. The Bertz CT molecular complexity index is 1180. The van der Waals surface area contributed by atoms with Crippen molar-refractivity contribution in [2.24, 2.45) is 0 Å². The third kappa shape index (κ3) is 1.87. The summed E-state index contributed by atoms with van der Waals surface area (Å²) >= 11 is 0. The molecular weight excluding hydrogens is 352 g/mol. The lowest BCUT2D eigenvalue weighted by Crippen LogP contribution is -2.46. The van der Waals surface area contributed by atoms with Gasteiger partial charge >= 0.3 is 0 Å². The molecule has 6 rings (SSSR count). The van der Waals surface area contributed by atoms with E-state index in [0.717, 1.165) is 27.5 Å². The molecule has 1 spiro atoms. The summed E-state index contributed by atoms with van der Waals surface area (Å²) in [5.41, 5.74) is 3.42. The number of carbonyl (C=O) groups is 2. The molecule has 1 aliphatic carbocycles. The molecule has 2 heterocycles. The molecule has 3 aromatic carbocycles. The summed E-state index contributed by atoms with van der Waals surface area (Å²) < 4.78 is 12.0. The number of fused-ring (bicyclic) bond motifs is 4. The van der Waals surface area contributed by atoms with Crippen molar-refractivity contribution in [3.63, 3.8) is 0 Å². The molecule has 2 aliphatic heterocycles. The number of ketones is 2. The molecule has 4 nitrogen and oxygen atoms in total. The fourth-order valence-electron chi connectivity index (χ4n) is 4.96. The highest BCUT2D eigenvalue weighted by molar-refractivity contribution is 6.23. The minimum absolute atomic E-state index is 0.0503. The Morgan fingerprint density at radius 2 is 1.75 bits per heavy atom. The summed E-state index contributed by atoms with van der Waals surface area (Å²) in [5.74, 6) is -0.206. The van der Waals surface area contributed by atoms with Crippen LogP contribution in [0.25, 0.3) is 21.9 Å². The minimum atomic E-state index is -1.33. The molecular formula is C24H18O4. The average Bonchev–Trinajstić information content (AvgIpc) is 3.16. The number of hydrogen-bond acceptors (Lipinski definition) is 4. The predicted octanol–water partition coefficient (Wildman–Crippen LogP) is 4.31. The molecule has 3 aromatic rings. The molecule has 138 valence electrons. The van der Waals surface area contributed by atoms with Gasteiger partial charge in [0.25, 0.3) is 0 Å². The van der Waals surface area contributed by atoms with Gasteiger partial charge < -0.3 is 9.47 Å². The maximum absolute atomic E-state index is 13.5. The van der Waals surface area contributed by atoms with Crippen LogP contribution < -0.4 is 0 Å². The quantitative estimate of drug-likeness (QED) is 0.640. The molecule has 3 aliphatic rings. The van der Waals surface area contributed by atoms with E-state index < -0.39 is 18.0 Å². The Morgan fingerprint density at radius 3 is 2.57 bits per heavy atom. The van der Waals surface area contributed by atoms with Crippen molar-refractivity contribution in [3.05, 3.63) is 71.3 Å². The van der Waals surface area contributed by atoms with Gasteiger partial charge in [0.05, 0.1) is 0 Å². The van der Waals surface area contributed by atoms with E-state index in [1.807, 2.05) is 30.3 Å². The van der Waals surface area contributed by atoms with Crippen molar-refractivity contribution >= 4 is 22.3 Å². The highest BCUT2D eigenvalue weighted by Gasteiger charge is 2.64. The second-order valence-electron chi connectivity index (χ2n) is 7.89. The Labute approximate surface area is 162 Å². The lowest BCUT2D eigenvalue weighted by atomic mass is 9.84. The second-order valence-corrected chi connectivity index (χ2v) is 7.89. The van der Waals surface area contributed by atoms with E-state index >= 15 is 0 Å². The maximum atomic E-state index is 13.5. The summed E-state index contributed by atoms with van der Waals surface area (Å²) in [7, 11) is 0. The SMILES string of the molecule is Cc1ccc(-c2ccc3c4c(cccc24)[C@]2(OC4CCC(=O)C2O4)C3=O)cc1. The number of carbonyl (C=O) groups excluding carboxylic acids is 2. The molecule has 2 bridgehead atoms. The van der Waals surface area contributed by atoms with E-state index in [1.165, 1.54) is 5.56 Å². The zero-order chi connectivity index (χ0) is 19.0. The molecule has 0 saturated carbocycles. The molecule has 28 heavy (non-hydrogen) atoms. The fourth-order valence-corrected chi connectivity index (χ4v) is 4.96. The number of aryl methyl sites for hydroxylation is 1. The Hall–Kier alpha value is -2.82. The molecule has 3 atom stereocenters. The number of ether oxygens (including phenoxy) is 2. The molecule has 4 heteroatoms. The summed E-state index contributed by atoms with van der Waals surface area (Å²) in [4.78, 5) is 26.1. The van der Waals surface area contributed by atoms with Crippen LogP contribution in [0.4, 0.5) is 0 Å². The highest BCUT2D eigenvalue weighted by Crippen LogP contribution is 2.53. The Morgan fingerprint density at radius 1 is 0.964 bits per heavy atom. The van der Waals surface area contributed by atoms with Gasteiger partial charge in [-0.25, -0.2) is 0 Å². The number of rotatable bonds is 1. The fraction of sp³-hybridized carbons (Fsp3) is 0.250. The van der Waals surface area contributed by atoms with Crippen LogP contribution in [0.2, 0.25) is 0 Å². The van der Waals surface area contributed by atoms with Crippen molar-refractivity contribution in [2.75, 3.05) is 0 Å². The summed E-state index contributed by atoms with van der Waals surface area (Å²) in [6.07, 6.45) is -0.441. The largest absolute Gasteiger partial charge is 0.338 e. The number of benzene rings is 3. The lowest BCUT2D eigenvalue weighted by Gasteiger charge is -2.26. The van der Waals surface area contributed by atoms with Crippen LogP contribution >= 0.6 is 0 Å². The number of hydrogen-bond donors (Lipinski definition) is 0. The molecule has 2 unspecified atom stereocenters. The second kappa shape index (κ2) is 5.37. The Balaban J connectivity index is 1.63. The summed E-state index contributed by atoms with van der Waals surface area (Å²) in [6, 6.07) is 18.1. The van der Waals surface area contributed by atoms with E-state index in [1.54, 1.807) is 0 Å². The van der Waals surface area contributed by atoms with E-state index in [2.05, 4.69) is 31.2 Å². The van der Waals surface area contributed by atoms with Crippen LogP contribution in [-0.4, -0.2) is 24.0 Å². The van der Waals surface area contributed by atoms with E-state index in [-0.39, 0.29) is 11.6 Å². The first-order valence-electron chi connectivity index (χ1n) is 9.63. The monoisotopic (exact) mass is 370 g/mol. The van der Waals surface area contributed by atoms with Gasteiger partial charge in [-0.3, -0.25) is 9.59 Å². The third-order valence-electron chi connectivity index (χ3n) is 6.28. The van der Waals surface area contributed by atoms with Gasteiger partial charge in [-0.2, -0.15) is 0 Å². The first-order valence-corrected chi connectivity index (χ1v) is 9.63. The van der Waals surface area contributed by atoms with Crippen LogP contribution in [0.5, 0.6) is 0 Å². The van der Waals surface area contributed by atoms with Crippen molar-refractivity contribution < 1.29 is 19.1 Å². The first-order chi connectivity index (χ1) is 13.6. The zero-order valence-corrected chi connectivity index (χ0v) is 15.4. The molecule has 0 radical (unpaired) electrons. The number of Topliss-reactive ketones (excluding diaryl/α,β-unsaturated/α-hetero) is 2. The topological polar surface area (TPSA) is 52.6 Å². The van der Waals surface area contributed by atoms with E-state index in [0.29, 0.717) is 18.4 Å². The van der Waals surface area contributed by atoms with Crippen molar-refractivity contribution in [1.29, 1.82) is 0 Å². The lowest BCUT2D eigenvalue weighted by molar-refractivity contribution is -0.141. The normalized spacial score (nSPS) is 27.9.